The van der Waals surface area contributed by atoms with Gasteiger partial charge in [0.25, 0.3) is 0 Å². The number of rotatable bonds is 5. The third-order valence-corrected chi connectivity index (χ3v) is 5.18. The first kappa shape index (κ1) is 17.5. The maximum Gasteiger partial charge on any atom is 0.244 e. The van der Waals surface area contributed by atoms with Crippen LogP contribution >= 0.6 is 11.6 Å². The predicted molar refractivity (Wildman–Crippen MR) is 89.9 cm³/mol. The van der Waals surface area contributed by atoms with E-state index in [4.69, 9.17) is 16.1 Å². The Kier molecular flexibility index (Phi) is 4.85. The summed E-state index contributed by atoms with van der Waals surface area (Å²) in [5.74, 6) is -0.0911. The molecule has 0 fully saturated rings. The van der Waals surface area contributed by atoms with E-state index in [0.717, 1.165) is 12.1 Å². The first-order valence-corrected chi connectivity index (χ1v) is 9.09. The summed E-state index contributed by atoms with van der Waals surface area (Å²) in [4.78, 5) is 4.14. The largest absolute Gasteiger partial charge is 0.337 e. The molecule has 0 aliphatic heterocycles. The van der Waals surface area contributed by atoms with Crippen molar-refractivity contribution in [2.24, 2.45) is 0 Å². The number of sulfonamides is 1. The zero-order valence-electron chi connectivity index (χ0n) is 13.0. The average Bonchev–Trinajstić information content (AvgIpc) is 3.06. The fourth-order valence-corrected chi connectivity index (χ4v) is 3.41. The lowest BCUT2D eigenvalue weighted by Gasteiger charge is -2.10. The van der Waals surface area contributed by atoms with Gasteiger partial charge in [-0.25, -0.2) is 12.8 Å². The smallest absolute Gasteiger partial charge is 0.244 e. The van der Waals surface area contributed by atoms with Crippen LogP contribution in [-0.4, -0.2) is 18.6 Å². The van der Waals surface area contributed by atoms with E-state index in [-0.39, 0.29) is 10.8 Å². The lowest BCUT2D eigenvalue weighted by Crippen LogP contribution is -2.27. The molecule has 3 rings (SSSR count). The van der Waals surface area contributed by atoms with Crippen LogP contribution in [0.5, 0.6) is 0 Å². The Morgan fingerprint density at radius 3 is 2.40 bits per heavy atom. The van der Waals surface area contributed by atoms with Crippen molar-refractivity contribution in [3.05, 3.63) is 65.3 Å². The molecule has 3 aromatic rings. The Balaban J connectivity index is 1.78. The van der Waals surface area contributed by atoms with Gasteiger partial charge in [-0.05, 0) is 55.5 Å². The molecule has 9 heteroatoms. The molecule has 0 amide bonds. The number of hydrogen-bond donors (Lipinski definition) is 1. The van der Waals surface area contributed by atoms with Gasteiger partial charge < -0.3 is 4.52 Å². The normalized spacial score (nSPS) is 12.9. The van der Waals surface area contributed by atoms with Crippen molar-refractivity contribution in [2.75, 3.05) is 0 Å². The molecule has 0 aliphatic carbocycles. The number of benzene rings is 2. The van der Waals surface area contributed by atoms with Crippen molar-refractivity contribution >= 4 is 21.6 Å². The molecule has 130 valence electrons. The highest BCUT2D eigenvalue weighted by Crippen LogP contribution is 2.22. The van der Waals surface area contributed by atoms with Gasteiger partial charge >= 0.3 is 0 Å². The molecular formula is C16H13ClFN3O3S. The van der Waals surface area contributed by atoms with Gasteiger partial charge in [0.05, 0.1) is 10.9 Å². The van der Waals surface area contributed by atoms with Gasteiger partial charge in [-0.3, -0.25) is 0 Å². The van der Waals surface area contributed by atoms with Crippen molar-refractivity contribution in [3.63, 3.8) is 0 Å². The number of nitrogens with zero attached hydrogens (tertiary/aromatic N) is 2. The molecule has 2 aromatic carbocycles. The van der Waals surface area contributed by atoms with Crippen molar-refractivity contribution in [2.45, 2.75) is 17.9 Å². The van der Waals surface area contributed by atoms with Crippen LogP contribution < -0.4 is 4.72 Å². The van der Waals surface area contributed by atoms with E-state index in [9.17, 15) is 12.8 Å². The van der Waals surface area contributed by atoms with Crippen molar-refractivity contribution in [3.8, 4) is 11.4 Å². The predicted octanol–water partition coefficient (Wildman–Crippen LogP) is 3.57. The molecule has 1 heterocycles. The van der Waals surface area contributed by atoms with Crippen LogP contribution in [0.25, 0.3) is 11.4 Å². The first-order valence-electron chi connectivity index (χ1n) is 7.22. The summed E-state index contributed by atoms with van der Waals surface area (Å²) < 4.78 is 45.1. The van der Waals surface area contributed by atoms with Gasteiger partial charge in [-0.2, -0.15) is 9.71 Å². The molecule has 1 N–H and O–H groups in total. The van der Waals surface area contributed by atoms with Gasteiger partial charge in [0, 0.05) is 10.6 Å². The van der Waals surface area contributed by atoms with E-state index in [1.54, 1.807) is 31.2 Å². The number of nitrogens with one attached hydrogen (secondary N) is 1. The Labute approximate surface area is 148 Å². The van der Waals surface area contributed by atoms with Gasteiger partial charge in [0.1, 0.15) is 5.82 Å². The van der Waals surface area contributed by atoms with E-state index in [1.165, 1.54) is 12.1 Å². The monoisotopic (exact) mass is 381 g/mol. The first-order chi connectivity index (χ1) is 11.8. The molecule has 1 aromatic heterocycles. The van der Waals surface area contributed by atoms with Crippen LogP contribution in [0.3, 0.4) is 0 Å². The Morgan fingerprint density at radius 2 is 1.76 bits per heavy atom. The molecule has 25 heavy (non-hydrogen) atoms. The van der Waals surface area contributed by atoms with Crippen LogP contribution in [-0.2, 0) is 10.0 Å². The summed E-state index contributed by atoms with van der Waals surface area (Å²) in [6, 6.07) is 10.6. The molecule has 0 spiro atoms. The molecule has 0 radical (unpaired) electrons. The summed E-state index contributed by atoms with van der Waals surface area (Å²) in [6.07, 6.45) is 0. The second-order valence-corrected chi connectivity index (χ2v) is 7.41. The Hall–Kier alpha value is -2.29. The lowest BCUT2D eigenvalue weighted by molar-refractivity contribution is 0.354. The minimum absolute atomic E-state index is 0.0572. The maximum absolute atomic E-state index is 12.9. The van der Waals surface area contributed by atoms with Crippen LogP contribution in [0.4, 0.5) is 4.39 Å². The number of aromatic nitrogens is 2. The minimum Gasteiger partial charge on any atom is -0.337 e. The summed E-state index contributed by atoms with van der Waals surface area (Å²) >= 11 is 5.83. The van der Waals surface area contributed by atoms with Gasteiger partial charge in [-0.1, -0.05) is 16.8 Å². The van der Waals surface area contributed by atoms with E-state index >= 15 is 0 Å². The topological polar surface area (TPSA) is 85.1 Å². The zero-order chi connectivity index (χ0) is 18.0. The lowest BCUT2D eigenvalue weighted by atomic mass is 10.2. The van der Waals surface area contributed by atoms with E-state index in [1.807, 2.05) is 0 Å². The SMILES string of the molecule is C[C@@H](NS(=O)(=O)c1ccc(F)cc1)c1nc(-c2ccc(Cl)cc2)no1. The standard InChI is InChI=1S/C16H13ClFN3O3S/c1-10(21-25(22,23)14-8-6-13(18)7-9-14)16-19-15(20-24-16)11-2-4-12(17)5-3-11/h2-10,21H,1H3/t10-/m1/s1. The van der Waals surface area contributed by atoms with Crippen molar-refractivity contribution in [1.29, 1.82) is 0 Å². The highest BCUT2D eigenvalue weighted by atomic mass is 35.5. The molecule has 0 unspecified atom stereocenters. The fraction of sp³-hybridized carbons (Fsp3) is 0.125. The average molecular weight is 382 g/mol. The summed E-state index contributed by atoms with van der Waals surface area (Å²) in [6.45, 7) is 1.57. The van der Waals surface area contributed by atoms with Crippen LogP contribution in [0.1, 0.15) is 18.9 Å². The third kappa shape index (κ3) is 4.04. The fourth-order valence-electron chi connectivity index (χ4n) is 2.09. The van der Waals surface area contributed by atoms with Gasteiger partial charge in [0.15, 0.2) is 0 Å². The van der Waals surface area contributed by atoms with Crippen molar-refractivity contribution < 1.29 is 17.3 Å². The molecule has 1 atom stereocenters. The minimum atomic E-state index is -3.85. The maximum atomic E-state index is 12.9. The second-order valence-electron chi connectivity index (χ2n) is 5.26. The zero-order valence-corrected chi connectivity index (χ0v) is 14.6. The van der Waals surface area contributed by atoms with E-state index in [2.05, 4.69) is 14.9 Å². The van der Waals surface area contributed by atoms with Crippen molar-refractivity contribution in [1.82, 2.24) is 14.9 Å². The summed E-state index contributed by atoms with van der Waals surface area (Å²) in [5.41, 5.74) is 0.688. The molecule has 0 bridgehead atoms. The van der Waals surface area contributed by atoms with Crippen LogP contribution in [0.15, 0.2) is 57.9 Å². The van der Waals surface area contributed by atoms with Crippen LogP contribution in [0, 0.1) is 5.82 Å². The Morgan fingerprint density at radius 1 is 1.12 bits per heavy atom. The number of hydrogen-bond acceptors (Lipinski definition) is 5. The molecular weight excluding hydrogens is 369 g/mol. The molecule has 0 aliphatic rings. The summed E-state index contributed by atoms with van der Waals surface area (Å²) in [7, 11) is -3.85. The van der Waals surface area contributed by atoms with Crippen LogP contribution in [0.2, 0.25) is 5.02 Å². The molecule has 0 saturated carbocycles. The summed E-state index contributed by atoms with van der Waals surface area (Å²) in [5, 5.41) is 4.41. The van der Waals surface area contributed by atoms with Gasteiger partial charge in [0.2, 0.25) is 21.7 Å². The molecule has 0 saturated heterocycles. The van der Waals surface area contributed by atoms with E-state index < -0.39 is 21.9 Å². The highest BCUT2D eigenvalue weighted by Gasteiger charge is 2.22. The van der Waals surface area contributed by atoms with E-state index in [0.29, 0.717) is 16.4 Å². The quantitative estimate of drug-likeness (QED) is 0.730. The molecule has 6 nitrogen and oxygen atoms in total. The Bertz CT molecular complexity index is 973. The highest BCUT2D eigenvalue weighted by molar-refractivity contribution is 7.89. The number of halogens is 2. The van der Waals surface area contributed by atoms with Gasteiger partial charge in [-0.15, -0.1) is 0 Å². The second kappa shape index (κ2) is 6.91. The third-order valence-electron chi connectivity index (χ3n) is 3.37.